The van der Waals surface area contributed by atoms with Gasteiger partial charge >= 0.3 is 0 Å². The van der Waals surface area contributed by atoms with Crippen molar-refractivity contribution in [2.24, 2.45) is 0 Å². The number of aromatic nitrogens is 1. The number of aromatic hydroxyl groups is 1. The van der Waals surface area contributed by atoms with Gasteiger partial charge in [-0.15, -0.1) is 0 Å². The van der Waals surface area contributed by atoms with Crippen LogP contribution in [0.2, 0.25) is 0 Å². The Morgan fingerprint density at radius 3 is 2.73 bits per heavy atom. The van der Waals surface area contributed by atoms with Crippen molar-refractivity contribution in [3.8, 4) is 11.8 Å². The third-order valence-electron chi connectivity index (χ3n) is 2.49. The molecule has 1 N–H and O–H groups in total. The fraction of sp³-hybridized carbons (Fsp3) is 0.250. The first-order valence-corrected chi connectivity index (χ1v) is 4.87. The molecule has 0 radical (unpaired) electrons. The van der Waals surface area contributed by atoms with Gasteiger partial charge in [-0.25, -0.2) is 0 Å². The number of fused-ring (bicyclic) bond motifs is 1. The Balaban J connectivity index is 2.83. The van der Waals surface area contributed by atoms with E-state index in [1.54, 1.807) is 18.2 Å². The van der Waals surface area contributed by atoms with Crippen LogP contribution in [0.25, 0.3) is 10.9 Å². The number of phenolic OH excluding ortho intramolecular Hbond substituents is 1. The first-order chi connectivity index (χ1) is 7.13. The molecule has 0 unspecified atom stereocenters. The summed E-state index contributed by atoms with van der Waals surface area (Å²) in [7, 11) is 0. The average molecular weight is 200 g/mol. The third kappa shape index (κ3) is 1.44. The topological polar surface area (TPSA) is 49.0 Å². The lowest BCUT2D eigenvalue weighted by atomic mass is 10.2. The van der Waals surface area contributed by atoms with Crippen LogP contribution in [-0.2, 0) is 0 Å². The van der Waals surface area contributed by atoms with Crippen molar-refractivity contribution < 1.29 is 5.11 Å². The van der Waals surface area contributed by atoms with Crippen LogP contribution in [-0.4, -0.2) is 9.67 Å². The van der Waals surface area contributed by atoms with Crippen molar-refractivity contribution in [2.75, 3.05) is 0 Å². The van der Waals surface area contributed by atoms with Gasteiger partial charge in [0.15, 0.2) is 0 Å². The van der Waals surface area contributed by atoms with Crippen LogP contribution in [0, 0.1) is 11.3 Å². The Kier molecular flexibility index (Phi) is 2.12. The molecule has 1 heterocycles. The van der Waals surface area contributed by atoms with E-state index >= 15 is 0 Å². The SMILES string of the molecule is CC(C)n1cc(C#N)c2ccc(O)cc21. The minimum Gasteiger partial charge on any atom is -0.508 e. The molecule has 0 aliphatic rings. The number of hydrogen-bond donors (Lipinski definition) is 1. The first kappa shape index (κ1) is 9.60. The minimum atomic E-state index is 0.229. The summed E-state index contributed by atoms with van der Waals surface area (Å²) in [6.07, 6.45) is 1.83. The number of phenols is 1. The summed E-state index contributed by atoms with van der Waals surface area (Å²) in [5, 5.41) is 19.3. The molecule has 3 heteroatoms. The zero-order valence-electron chi connectivity index (χ0n) is 8.73. The van der Waals surface area contributed by atoms with Gasteiger partial charge in [0.05, 0.1) is 11.1 Å². The second kappa shape index (κ2) is 3.32. The van der Waals surface area contributed by atoms with Crippen molar-refractivity contribution in [3.05, 3.63) is 30.0 Å². The maximum absolute atomic E-state index is 9.42. The fourth-order valence-corrected chi connectivity index (χ4v) is 1.76. The molecular weight excluding hydrogens is 188 g/mol. The van der Waals surface area contributed by atoms with Crippen molar-refractivity contribution in [1.29, 1.82) is 5.26 Å². The highest BCUT2D eigenvalue weighted by Crippen LogP contribution is 2.27. The lowest BCUT2D eigenvalue weighted by molar-refractivity contribution is 0.475. The Morgan fingerprint density at radius 1 is 1.40 bits per heavy atom. The number of nitrogens with zero attached hydrogens (tertiary/aromatic N) is 2. The normalized spacial score (nSPS) is 10.8. The van der Waals surface area contributed by atoms with Crippen molar-refractivity contribution in [3.63, 3.8) is 0 Å². The predicted octanol–water partition coefficient (Wildman–Crippen LogP) is 2.80. The van der Waals surface area contributed by atoms with Gasteiger partial charge in [0, 0.05) is 23.7 Å². The summed E-state index contributed by atoms with van der Waals surface area (Å²) in [4.78, 5) is 0. The van der Waals surface area contributed by atoms with E-state index in [4.69, 9.17) is 5.26 Å². The zero-order chi connectivity index (χ0) is 11.0. The molecule has 2 aromatic rings. The molecule has 1 aromatic heterocycles. The number of benzene rings is 1. The Morgan fingerprint density at radius 2 is 2.13 bits per heavy atom. The van der Waals surface area contributed by atoms with E-state index in [2.05, 4.69) is 6.07 Å². The monoisotopic (exact) mass is 200 g/mol. The minimum absolute atomic E-state index is 0.229. The molecule has 1 aromatic carbocycles. The molecule has 76 valence electrons. The van der Waals surface area contributed by atoms with Gasteiger partial charge in [-0.1, -0.05) is 0 Å². The summed E-state index contributed by atoms with van der Waals surface area (Å²) < 4.78 is 1.99. The summed E-state index contributed by atoms with van der Waals surface area (Å²) >= 11 is 0. The first-order valence-electron chi connectivity index (χ1n) is 4.87. The van der Waals surface area contributed by atoms with E-state index in [-0.39, 0.29) is 11.8 Å². The van der Waals surface area contributed by atoms with Crippen molar-refractivity contribution in [1.82, 2.24) is 4.57 Å². The highest BCUT2D eigenvalue weighted by molar-refractivity contribution is 5.87. The highest BCUT2D eigenvalue weighted by Gasteiger charge is 2.10. The maximum Gasteiger partial charge on any atom is 0.117 e. The molecule has 0 spiro atoms. The third-order valence-corrected chi connectivity index (χ3v) is 2.49. The summed E-state index contributed by atoms with van der Waals surface area (Å²) in [5.41, 5.74) is 1.56. The number of hydrogen-bond acceptors (Lipinski definition) is 2. The van der Waals surface area contributed by atoms with Gasteiger partial charge in [0.2, 0.25) is 0 Å². The van der Waals surface area contributed by atoms with Crippen molar-refractivity contribution >= 4 is 10.9 Å². The number of rotatable bonds is 1. The maximum atomic E-state index is 9.42. The molecule has 0 atom stereocenters. The van der Waals surface area contributed by atoms with Gasteiger partial charge in [0.25, 0.3) is 0 Å². The predicted molar refractivity (Wildman–Crippen MR) is 58.7 cm³/mol. The molecule has 0 saturated carbocycles. The van der Waals surface area contributed by atoms with Gasteiger partial charge in [-0.05, 0) is 26.0 Å². The second-order valence-electron chi connectivity index (χ2n) is 3.86. The second-order valence-corrected chi connectivity index (χ2v) is 3.86. The van der Waals surface area contributed by atoms with Crippen LogP contribution in [0.4, 0.5) is 0 Å². The van der Waals surface area contributed by atoms with Crippen LogP contribution in [0.1, 0.15) is 25.5 Å². The van der Waals surface area contributed by atoms with E-state index in [1.165, 1.54) is 0 Å². The smallest absolute Gasteiger partial charge is 0.117 e. The molecule has 0 bridgehead atoms. The number of nitriles is 1. The molecule has 15 heavy (non-hydrogen) atoms. The molecule has 2 rings (SSSR count). The molecule has 0 fully saturated rings. The van der Waals surface area contributed by atoms with Gasteiger partial charge in [-0.3, -0.25) is 0 Å². The Labute approximate surface area is 88.2 Å². The summed E-state index contributed by atoms with van der Waals surface area (Å²) in [5.74, 6) is 0.229. The quantitative estimate of drug-likeness (QED) is 0.769. The Bertz CT molecular complexity index is 546. The van der Waals surface area contributed by atoms with E-state index in [0.717, 1.165) is 10.9 Å². The Hall–Kier alpha value is -1.95. The van der Waals surface area contributed by atoms with E-state index < -0.39 is 0 Å². The lowest BCUT2D eigenvalue weighted by Gasteiger charge is -2.08. The molecule has 0 amide bonds. The molecule has 0 aliphatic carbocycles. The van der Waals surface area contributed by atoms with Crippen LogP contribution in [0.3, 0.4) is 0 Å². The molecule has 0 aliphatic heterocycles. The largest absolute Gasteiger partial charge is 0.508 e. The van der Waals surface area contributed by atoms with Crippen LogP contribution in [0.5, 0.6) is 5.75 Å². The molecule has 0 saturated heterocycles. The van der Waals surface area contributed by atoms with Gasteiger partial charge in [-0.2, -0.15) is 5.26 Å². The van der Waals surface area contributed by atoms with Gasteiger partial charge in [0.1, 0.15) is 11.8 Å². The van der Waals surface area contributed by atoms with E-state index in [1.807, 2.05) is 24.6 Å². The van der Waals surface area contributed by atoms with Crippen LogP contribution in [0.15, 0.2) is 24.4 Å². The van der Waals surface area contributed by atoms with Gasteiger partial charge < -0.3 is 9.67 Å². The van der Waals surface area contributed by atoms with E-state index in [0.29, 0.717) is 5.56 Å². The lowest BCUT2D eigenvalue weighted by Crippen LogP contribution is -1.97. The fourth-order valence-electron chi connectivity index (χ4n) is 1.76. The summed E-state index contributed by atoms with van der Waals surface area (Å²) in [6.45, 7) is 4.09. The average Bonchev–Trinajstić information content (AvgIpc) is 2.55. The highest BCUT2D eigenvalue weighted by atomic mass is 16.3. The zero-order valence-corrected chi connectivity index (χ0v) is 8.73. The van der Waals surface area contributed by atoms with Crippen LogP contribution >= 0.6 is 0 Å². The molecular formula is C12H12N2O. The van der Waals surface area contributed by atoms with Crippen LogP contribution < -0.4 is 0 Å². The van der Waals surface area contributed by atoms with Crippen molar-refractivity contribution in [2.45, 2.75) is 19.9 Å². The standard InChI is InChI=1S/C12H12N2O/c1-8(2)14-7-9(6-13)11-4-3-10(15)5-12(11)14/h3-5,7-8,15H,1-2H3. The summed E-state index contributed by atoms with van der Waals surface area (Å²) in [6, 6.07) is 7.51. The molecule has 3 nitrogen and oxygen atoms in total. The van der Waals surface area contributed by atoms with E-state index in [9.17, 15) is 5.11 Å².